The molecule has 3 unspecified atom stereocenters. The van der Waals surface area contributed by atoms with Crippen molar-refractivity contribution in [3.8, 4) is 0 Å². The Labute approximate surface area is 159 Å². The van der Waals surface area contributed by atoms with Gasteiger partial charge < -0.3 is 23.7 Å². The van der Waals surface area contributed by atoms with Crippen molar-refractivity contribution >= 4 is 12.6 Å². The van der Waals surface area contributed by atoms with Crippen molar-refractivity contribution in [1.82, 2.24) is 0 Å². The van der Waals surface area contributed by atoms with Crippen molar-refractivity contribution in [2.45, 2.75) is 90.0 Å². The van der Waals surface area contributed by atoms with Gasteiger partial charge in [0.05, 0.1) is 6.10 Å². The highest BCUT2D eigenvalue weighted by Gasteiger charge is 2.47. The van der Waals surface area contributed by atoms with Gasteiger partial charge in [0.2, 0.25) is 0 Å². The topological polar surface area (TPSA) is 46.2 Å². The van der Waals surface area contributed by atoms with Crippen LogP contribution in [-0.2, 0) is 23.7 Å². The van der Waals surface area contributed by atoms with Crippen LogP contribution >= 0.6 is 12.6 Å². The van der Waals surface area contributed by atoms with Crippen LogP contribution in [0.2, 0.25) is 0 Å². The van der Waals surface area contributed by atoms with E-state index in [2.05, 4.69) is 33.4 Å². The summed E-state index contributed by atoms with van der Waals surface area (Å²) in [5.74, 6) is 0.561. The minimum absolute atomic E-state index is 0.164. The Morgan fingerprint density at radius 1 is 0.760 bits per heavy atom. The Morgan fingerprint density at radius 3 is 1.68 bits per heavy atom. The van der Waals surface area contributed by atoms with Gasteiger partial charge in [-0.1, -0.05) is 40.0 Å². The van der Waals surface area contributed by atoms with Gasteiger partial charge in [0.25, 0.3) is 0 Å². The summed E-state index contributed by atoms with van der Waals surface area (Å²) in [5.41, 5.74) is 0. The fourth-order valence-corrected chi connectivity index (χ4v) is 3.17. The maximum absolute atomic E-state index is 6.23. The molecule has 25 heavy (non-hydrogen) atoms. The summed E-state index contributed by atoms with van der Waals surface area (Å²) in [7, 11) is 1.65. The standard InChI is InChI=1S/C19H38O5S/c1-5-8-11-21-16-15(14-25)24-19(20-4)18(23-13-10-7-3)17(16)22-12-9-6-2/h15-19,25H,5-14H2,1-4H3/t15?,16-,17?,18?,19+/m1/s1. The number of methoxy groups -OCH3 is 1. The number of rotatable bonds is 14. The number of ether oxygens (including phenoxy) is 5. The first kappa shape index (κ1) is 23.2. The average Bonchev–Trinajstić information content (AvgIpc) is 2.63. The fraction of sp³-hybridized carbons (Fsp3) is 1.00. The van der Waals surface area contributed by atoms with Crippen LogP contribution in [0.15, 0.2) is 0 Å². The molecular weight excluding hydrogens is 340 g/mol. The molecule has 5 atom stereocenters. The molecule has 5 nitrogen and oxygen atoms in total. The first-order valence-corrected chi connectivity index (χ1v) is 10.5. The van der Waals surface area contributed by atoms with E-state index in [0.717, 1.165) is 38.5 Å². The van der Waals surface area contributed by atoms with Crippen molar-refractivity contribution in [2.75, 3.05) is 32.7 Å². The molecule has 0 bridgehead atoms. The lowest BCUT2D eigenvalue weighted by atomic mass is 9.98. The minimum atomic E-state index is -0.452. The molecule has 0 saturated carbocycles. The summed E-state index contributed by atoms with van der Waals surface area (Å²) in [6.07, 6.45) is 5.04. The molecule has 1 aliphatic heterocycles. The highest BCUT2D eigenvalue weighted by atomic mass is 32.1. The first-order valence-electron chi connectivity index (χ1n) is 9.87. The molecule has 1 fully saturated rings. The molecule has 0 aromatic carbocycles. The van der Waals surface area contributed by atoms with Crippen LogP contribution in [0.4, 0.5) is 0 Å². The summed E-state index contributed by atoms with van der Waals surface area (Å²) in [5, 5.41) is 0. The van der Waals surface area contributed by atoms with E-state index in [1.807, 2.05) is 0 Å². The second kappa shape index (κ2) is 14.2. The van der Waals surface area contributed by atoms with Gasteiger partial charge >= 0.3 is 0 Å². The van der Waals surface area contributed by atoms with E-state index in [1.165, 1.54) is 0 Å². The highest BCUT2D eigenvalue weighted by Crippen LogP contribution is 2.29. The van der Waals surface area contributed by atoms with Crippen LogP contribution in [-0.4, -0.2) is 63.4 Å². The van der Waals surface area contributed by atoms with E-state index < -0.39 is 6.29 Å². The quantitative estimate of drug-likeness (QED) is 0.367. The Kier molecular flexibility index (Phi) is 13.2. The highest BCUT2D eigenvalue weighted by molar-refractivity contribution is 7.80. The van der Waals surface area contributed by atoms with Crippen LogP contribution < -0.4 is 0 Å². The van der Waals surface area contributed by atoms with Gasteiger partial charge in [-0.25, -0.2) is 0 Å². The molecule has 0 aliphatic carbocycles. The van der Waals surface area contributed by atoms with E-state index in [-0.39, 0.29) is 24.4 Å². The Morgan fingerprint density at radius 2 is 1.24 bits per heavy atom. The number of thiol groups is 1. The molecule has 0 aromatic rings. The molecule has 0 aromatic heterocycles. The van der Waals surface area contributed by atoms with Gasteiger partial charge in [0.15, 0.2) is 6.29 Å². The fourth-order valence-electron chi connectivity index (χ4n) is 2.87. The molecule has 1 rings (SSSR count). The van der Waals surface area contributed by atoms with Crippen molar-refractivity contribution in [2.24, 2.45) is 0 Å². The lowest BCUT2D eigenvalue weighted by Gasteiger charge is -2.45. The first-order chi connectivity index (χ1) is 12.2. The van der Waals surface area contributed by atoms with E-state index in [9.17, 15) is 0 Å². The van der Waals surface area contributed by atoms with Crippen molar-refractivity contribution < 1.29 is 23.7 Å². The zero-order chi connectivity index (χ0) is 18.5. The van der Waals surface area contributed by atoms with Crippen molar-refractivity contribution in [3.63, 3.8) is 0 Å². The zero-order valence-electron chi connectivity index (χ0n) is 16.4. The van der Waals surface area contributed by atoms with E-state index in [1.54, 1.807) is 7.11 Å². The van der Waals surface area contributed by atoms with Crippen LogP contribution in [0, 0.1) is 0 Å². The molecule has 1 heterocycles. The van der Waals surface area contributed by atoms with Gasteiger partial charge in [0.1, 0.15) is 18.3 Å². The SMILES string of the molecule is CCCCOC1C(OCCCC)[C@H](OCCCC)C(CS)O[C@@H]1OC. The van der Waals surface area contributed by atoms with Crippen LogP contribution in [0.1, 0.15) is 59.3 Å². The van der Waals surface area contributed by atoms with Crippen LogP contribution in [0.3, 0.4) is 0 Å². The molecule has 6 heteroatoms. The maximum Gasteiger partial charge on any atom is 0.186 e. The van der Waals surface area contributed by atoms with E-state index in [0.29, 0.717) is 25.6 Å². The normalized spacial score (nSPS) is 29.9. The summed E-state index contributed by atoms with van der Waals surface area (Å²) in [4.78, 5) is 0. The zero-order valence-corrected chi connectivity index (χ0v) is 17.3. The summed E-state index contributed by atoms with van der Waals surface area (Å²) in [6.45, 7) is 8.53. The Hall–Kier alpha value is 0.150. The average molecular weight is 379 g/mol. The maximum atomic E-state index is 6.23. The molecular formula is C19H38O5S. The smallest absolute Gasteiger partial charge is 0.186 e. The second-order valence-corrected chi connectivity index (χ2v) is 6.89. The molecule has 1 aliphatic rings. The van der Waals surface area contributed by atoms with Crippen molar-refractivity contribution in [3.05, 3.63) is 0 Å². The van der Waals surface area contributed by atoms with Gasteiger partial charge in [-0.05, 0) is 19.3 Å². The number of unbranched alkanes of at least 4 members (excludes halogenated alkanes) is 3. The third kappa shape index (κ3) is 7.73. The monoisotopic (exact) mass is 378 g/mol. The summed E-state index contributed by atoms with van der Waals surface area (Å²) >= 11 is 4.46. The molecule has 0 N–H and O–H groups in total. The number of hydrogen-bond donors (Lipinski definition) is 1. The molecule has 0 radical (unpaired) electrons. The minimum Gasteiger partial charge on any atom is -0.373 e. The molecule has 0 amide bonds. The summed E-state index contributed by atoms with van der Waals surface area (Å²) < 4.78 is 30.2. The van der Waals surface area contributed by atoms with Crippen LogP contribution in [0.5, 0.6) is 0 Å². The van der Waals surface area contributed by atoms with Crippen molar-refractivity contribution in [1.29, 1.82) is 0 Å². The molecule has 1 saturated heterocycles. The third-order valence-corrected chi connectivity index (χ3v) is 4.79. The van der Waals surface area contributed by atoms with E-state index in [4.69, 9.17) is 23.7 Å². The summed E-state index contributed by atoms with van der Waals surface area (Å²) in [6, 6.07) is 0. The Balaban J connectivity index is 2.87. The van der Waals surface area contributed by atoms with Gasteiger partial charge in [0, 0.05) is 32.7 Å². The molecule has 150 valence electrons. The molecule has 0 spiro atoms. The predicted molar refractivity (Wildman–Crippen MR) is 103 cm³/mol. The lowest BCUT2D eigenvalue weighted by Crippen LogP contribution is -2.61. The van der Waals surface area contributed by atoms with E-state index >= 15 is 0 Å². The lowest BCUT2D eigenvalue weighted by molar-refractivity contribution is -0.308. The third-order valence-electron chi connectivity index (χ3n) is 4.43. The second-order valence-electron chi connectivity index (χ2n) is 6.53. The predicted octanol–water partition coefficient (Wildman–Crippen LogP) is 3.84. The Bertz CT molecular complexity index is 294. The largest absolute Gasteiger partial charge is 0.373 e. The van der Waals surface area contributed by atoms with Gasteiger partial charge in [-0.3, -0.25) is 0 Å². The van der Waals surface area contributed by atoms with Gasteiger partial charge in [-0.15, -0.1) is 0 Å². The van der Waals surface area contributed by atoms with Crippen LogP contribution in [0.25, 0.3) is 0 Å². The number of hydrogen-bond acceptors (Lipinski definition) is 6. The van der Waals surface area contributed by atoms with Gasteiger partial charge in [-0.2, -0.15) is 12.6 Å².